The molecule has 0 bridgehead atoms. The number of nitrogens with zero attached hydrogens (tertiary/aromatic N) is 2. The maximum absolute atomic E-state index is 12.2. The van der Waals surface area contributed by atoms with Gasteiger partial charge in [-0.1, -0.05) is 13.8 Å². The Kier molecular flexibility index (Phi) is 5.59. The smallest absolute Gasteiger partial charge is 0.303 e. The van der Waals surface area contributed by atoms with Crippen LogP contribution in [0, 0.1) is 0 Å². The summed E-state index contributed by atoms with van der Waals surface area (Å²) in [6, 6.07) is 0.419. The van der Waals surface area contributed by atoms with Gasteiger partial charge < -0.3 is 5.32 Å². The number of hydrogen-bond acceptors (Lipinski definition) is 5. The van der Waals surface area contributed by atoms with Crippen LogP contribution in [0.4, 0.5) is 5.13 Å². The highest BCUT2D eigenvalue weighted by Crippen LogP contribution is 2.30. The molecule has 0 spiro atoms. The second kappa shape index (κ2) is 7.04. The van der Waals surface area contributed by atoms with Crippen molar-refractivity contribution >= 4 is 26.7 Å². The highest BCUT2D eigenvalue weighted by molar-refractivity contribution is 7.90. The first-order valence-corrected chi connectivity index (χ1v) is 9.60. The fourth-order valence-electron chi connectivity index (χ4n) is 2.23. The van der Waals surface area contributed by atoms with Gasteiger partial charge >= 0.3 is 10.2 Å². The third kappa shape index (κ3) is 4.64. The molecule has 8 heteroatoms. The summed E-state index contributed by atoms with van der Waals surface area (Å²) in [4.78, 5) is 5.59. The average molecular weight is 332 g/mol. The van der Waals surface area contributed by atoms with Crippen LogP contribution < -0.4 is 10.0 Å². The van der Waals surface area contributed by atoms with Crippen molar-refractivity contribution in [2.45, 2.75) is 45.6 Å². The zero-order valence-corrected chi connectivity index (χ0v) is 14.5. The van der Waals surface area contributed by atoms with Crippen LogP contribution in [0.2, 0.25) is 0 Å². The molecule has 0 aromatic carbocycles. The van der Waals surface area contributed by atoms with E-state index in [2.05, 4.69) is 28.9 Å². The van der Waals surface area contributed by atoms with Crippen molar-refractivity contribution in [2.24, 2.45) is 0 Å². The van der Waals surface area contributed by atoms with Crippen molar-refractivity contribution in [3.63, 3.8) is 0 Å². The Morgan fingerprint density at radius 1 is 1.38 bits per heavy atom. The summed E-state index contributed by atoms with van der Waals surface area (Å²) < 4.78 is 28.4. The van der Waals surface area contributed by atoms with Crippen molar-refractivity contribution in [1.29, 1.82) is 0 Å². The number of anilines is 1. The summed E-state index contributed by atoms with van der Waals surface area (Å²) in [7, 11) is -1.90. The molecule has 0 amide bonds. The molecule has 0 unspecified atom stereocenters. The number of thiazole rings is 1. The molecule has 0 atom stereocenters. The highest BCUT2D eigenvalue weighted by Gasteiger charge is 2.22. The average Bonchev–Trinajstić information content (AvgIpc) is 2.94. The van der Waals surface area contributed by atoms with Crippen LogP contribution in [-0.2, 0) is 23.1 Å². The molecule has 120 valence electrons. The molecule has 1 aliphatic rings. The van der Waals surface area contributed by atoms with Crippen LogP contribution in [0.3, 0.4) is 0 Å². The molecule has 1 aromatic heterocycles. The number of fused-ring (bicyclic) bond motifs is 1. The molecule has 21 heavy (non-hydrogen) atoms. The summed E-state index contributed by atoms with van der Waals surface area (Å²) in [5.74, 6) is 0. The maximum atomic E-state index is 12.2. The number of aryl methyl sites for hydroxylation is 2. The highest BCUT2D eigenvalue weighted by atomic mass is 32.2. The SMILES string of the molecule is CC(C)NCCCN(C)S(=O)(=O)Nc1nc2c(s1)CCC2. The van der Waals surface area contributed by atoms with Gasteiger partial charge in [0.05, 0.1) is 5.69 Å². The van der Waals surface area contributed by atoms with E-state index >= 15 is 0 Å². The van der Waals surface area contributed by atoms with Crippen LogP contribution in [-0.4, -0.2) is 43.9 Å². The van der Waals surface area contributed by atoms with Gasteiger partial charge in [0.1, 0.15) is 0 Å². The molecule has 6 nitrogen and oxygen atoms in total. The van der Waals surface area contributed by atoms with E-state index in [-0.39, 0.29) is 0 Å². The molecule has 1 aromatic rings. The first-order chi connectivity index (χ1) is 9.88. The number of rotatable bonds is 8. The van der Waals surface area contributed by atoms with Gasteiger partial charge in [0.15, 0.2) is 5.13 Å². The molecule has 0 radical (unpaired) electrons. The first-order valence-electron chi connectivity index (χ1n) is 7.34. The summed E-state index contributed by atoms with van der Waals surface area (Å²) in [5.41, 5.74) is 1.06. The Labute approximate surface area is 131 Å². The Hall–Kier alpha value is -0.700. The lowest BCUT2D eigenvalue weighted by Crippen LogP contribution is -2.35. The molecule has 1 aliphatic carbocycles. The fraction of sp³-hybridized carbons (Fsp3) is 0.769. The summed E-state index contributed by atoms with van der Waals surface area (Å²) >= 11 is 1.46. The number of nitrogens with one attached hydrogen (secondary N) is 2. The molecule has 0 fully saturated rings. The van der Waals surface area contributed by atoms with Gasteiger partial charge in [-0.3, -0.25) is 0 Å². The van der Waals surface area contributed by atoms with Crippen LogP contribution >= 0.6 is 11.3 Å². The first kappa shape index (κ1) is 16.7. The number of hydrogen-bond donors (Lipinski definition) is 2. The van der Waals surface area contributed by atoms with E-state index in [0.717, 1.165) is 37.9 Å². The number of aromatic nitrogens is 1. The molecule has 1 heterocycles. The Balaban J connectivity index is 1.85. The molecule has 0 saturated carbocycles. The quantitative estimate of drug-likeness (QED) is 0.709. The lowest BCUT2D eigenvalue weighted by molar-refractivity contribution is 0.451. The lowest BCUT2D eigenvalue weighted by Gasteiger charge is -2.17. The van der Waals surface area contributed by atoms with Gasteiger partial charge in [-0.15, -0.1) is 11.3 Å². The Bertz CT molecular complexity index is 547. The van der Waals surface area contributed by atoms with E-state index < -0.39 is 10.2 Å². The van der Waals surface area contributed by atoms with Crippen LogP contribution in [0.1, 0.15) is 37.3 Å². The molecular weight excluding hydrogens is 308 g/mol. The minimum atomic E-state index is -3.50. The molecule has 2 rings (SSSR count). The summed E-state index contributed by atoms with van der Waals surface area (Å²) in [6.07, 6.45) is 3.89. The van der Waals surface area contributed by atoms with Crippen molar-refractivity contribution in [2.75, 3.05) is 24.9 Å². The van der Waals surface area contributed by atoms with E-state index in [1.165, 1.54) is 20.5 Å². The Morgan fingerprint density at radius 2 is 2.14 bits per heavy atom. The van der Waals surface area contributed by atoms with E-state index in [0.29, 0.717) is 17.7 Å². The predicted molar refractivity (Wildman–Crippen MR) is 87.1 cm³/mol. The third-order valence-corrected chi connectivity index (χ3v) is 6.08. The fourth-order valence-corrected chi connectivity index (χ4v) is 4.41. The van der Waals surface area contributed by atoms with E-state index in [4.69, 9.17) is 0 Å². The summed E-state index contributed by atoms with van der Waals surface area (Å²) in [6.45, 7) is 5.44. The largest absolute Gasteiger partial charge is 0.314 e. The normalized spacial score (nSPS) is 14.9. The second-order valence-electron chi connectivity index (χ2n) is 5.63. The van der Waals surface area contributed by atoms with Crippen LogP contribution in [0.25, 0.3) is 0 Å². The van der Waals surface area contributed by atoms with Crippen molar-refractivity contribution in [1.82, 2.24) is 14.6 Å². The molecule has 0 saturated heterocycles. The zero-order valence-electron chi connectivity index (χ0n) is 12.8. The van der Waals surface area contributed by atoms with Crippen molar-refractivity contribution < 1.29 is 8.42 Å². The lowest BCUT2D eigenvalue weighted by atomic mass is 10.3. The standard InChI is InChI=1S/C13H24N4O2S2/c1-10(2)14-8-5-9-17(3)21(18,19)16-13-15-11-6-4-7-12(11)20-13/h10,14H,4-9H2,1-3H3,(H,15,16). The topological polar surface area (TPSA) is 74.3 Å². The molecule has 2 N–H and O–H groups in total. The third-order valence-electron chi connectivity index (χ3n) is 3.42. The van der Waals surface area contributed by atoms with Gasteiger partial charge in [-0.25, -0.2) is 9.71 Å². The maximum Gasteiger partial charge on any atom is 0.303 e. The summed E-state index contributed by atoms with van der Waals surface area (Å²) in [5, 5.41) is 3.77. The monoisotopic (exact) mass is 332 g/mol. The molecular formula is C13H24N4O2S2. The zero-order chi connectivity index (χ0) is 15.5. The van der Waals surface area contributed by atoms with Gasteiger partial charge in [0.2, 0.25) is 0 Å². The van der Waals surface area contributed by atoms with Crippen LogP contribution in [0.15, 0.2) is 0 Å². The van der Waals surface area contributed by atoms with Gasteiger partial charge in [-0.05, 0) is 32.2 Å². The molecule has 0 aliphatic heterocycles. The van der Waals surface area contributed by atoms with E-state index in [1.807, 2.05) is 0 Å². The van der Waals surface area contributed by atoms with Gasteiger partial charge in [-0.2, -0.15) is 12.7 Å². The minimum Gasteiger partial charge on any atom is -0.314 e. The second-order valence-corrected chi connectivity index (χ2v) is 8.49. The minimum absolute atomic E-state index is 0.419. The van der Waals surface area contributed by atoms with Crippen LogP contribution in [0.5, 0.6) is 0 Å². The van der Waals surface area contributed by atoms with Gasteiger partial charge in [0.25, 0.3) is 0 Å². The van der Waals surface area contributed by atoms with Crippen molar-refractivity contribution in [3.05, 3.63) is 10.6 Å². The predicted octanol–water partition coefficient (Wildman–Crippen LogP) is 1.61. The van der Waals surface area contributed by atoms with E-state index in [1.54, 1.807) is 7.05 Å². The van der Waals surface area contributed by atoms with E-state index in [9.17, 15) is 8.42 Å². The van der Waals surface area contributed by atoms with Crippen molar-refractivity contribution in [3.8, 4) is 0 Å². The Morgan fingerprint density at radius 3 is 2.81 bits per heavy atom. The van der Waals surface area contributed by atoms with Gasteiger partial charge in [0, 0.05) is 24.5 Å².